The summed E-state index contributed by atoms with van der Waals surface area (Å²) in [5.41, 5.74) is 5.31. The molecule has 0 heterocycles. The number of benzene rings is 1. The molecule has 0 atom stereocenters. The zero-order chi connectivity index (χ0) is 15.5. The average molecular weight is 301 g/mol. The summed E-state index contributed by atoms with van der Waals surface area (Å²) in [6.45, 7) is 2.50. The third kappa shape index (κ3) is 4.37. The SMILES string of the molecule is CC1CCC(Oc2ccc(CCN)cc2C(F)(F)F)CC1. The Bertz CT molecular complexity index is 465. The lowest BCUT2D eigenvalue weighted by atomic mass is 9.89. The fourth-order valence-corrected chi connectivity index (χ4v) is 2.75. The van der Waals surface area contributed by atoms with Gasteiger partial charge in [0.05, 0.1) is 11.7 Å². The highest BCUT2D eigenvalue weighted by molar-refractivity contribution is 5.39. The van der Waals surface area contributed by atoms with Gasteiger partial charge in [-0.3, -0.25) is 0 Å². The van der Waals surface area contributed by atoms with Gasteiger partial charge in [0.2, 0.25) is 0 Å². The summed E-state index contributed by atoms with van der Waals surface area (Å²) in [6.07, 6.45) is -0.407. The molecular formula is C16H22F3NO. The van der Waals surface area contributed by atoms with Crippen LogP contribution in [0.15, 0.2) is 18.2 Å². The number of hydrogen-bond donors (Lipinski definition) is 1. The minimum atomic E-state index is -4.40. The molecule has 118 valence electrons. The number of alkyl halides is 3. The van der Waals surface area contributed by atoms with Gasteiger partial charge < -0.3 is 10.5 Å². The molecule has 1 aliphatic rings. The molecular weight excluding hydrogens is 279 g/mol. The van der Waals surface area contributed by atoms with Crippen LogP contribution in [0.2, 0.25) is 0 Å². The summed E-state index contributed by atoms with van der Waals surface area (Å²) in [4.78, 5) is 0. The van der Waals surface area contributed by atoms with Gasteiger partial charge in [-0.1, -0.05) is 13.0 Å². The Morgan fingerprint density at radius 1 is 1.19 bits per heavy atom. The van der Waals surface area contributed by atoms with Crippen LogP contribution in [0.4, 0.5) is 13.2 Å². The van der Waals surface area contributed by atoms with Gasteiger partial charge >= 0.3 is 6.18 Å². The van der Waals surface area contributed by atoms with Crippen molar-refractivity contribution in [3.8, 4) is 5.75 Å². The van der Waals surface area contributed by atoms with Gasteiger partial charge in [0.15, 0.2) is 0 Å². The maximum atomic E-state index is 13.2. The highest BCUT2D eigenvalue weighted by Crippen LogP contribution is 2.38. The zero-order valence-corrected chi connectivity index (χ0v) is 12.2. The van der Waals surface area contributed by atoms with E-state index < -0.39 is 11.7 Å². The lowest BCUT2D eigenvalue weighted by Gasteiger charge is -2.28. The summed E-state index contributed by atoms with van der Waals surface area (Å²) in [7, 11) is 0. The van der Waals surface area contributed by atoms with Crippen molar-refractivity contribution in [2.45, 2.75) is 51.3 Å². The molecule has 0 saturated heterocycles. The number of rotatable bonds is 4. The Hall–Kier alpha value is -1.23. The highest BCUT2D eigenvalue weighted by atomic mass is 19.4. The first kappa shape index (κ1) is 16.1. The van der Waals surface area contributed by atoms with Gasteiger partial charge in [0.1, 0.15) is 5.75 Å². The lowest BCUT2D eigenvalue weighted by Crippen LogP contribution is -2.24. The largest absolute Gasteiger partial charge is 0.490 e. The molecule has 1 aromatic carbocycles. The van der Waals surface area contributed by atoms with Gasteiger partial charge in [-0.2, -0.15) is 13.2 Å². The van der Waals surface area contributed by atoms with Crippen molar-refractivity contribution in [2.75, 3.05) is 6.54 Å². The van der Waals surface area contributed by atoms with Crippen molar-refractivity contribution < 1.29 is 17.9 Å². The van der Waals surface area contributed by atoms with Crippen molar-refractivity contribution in [2.24, 2.45) is 11.7 Å². The smallest absolute Gasteiger partial charge is 0.419 e. The fraction of sp³-hybridized carbons (Fsp3) is 0.625. The highest BCUT2D eigenvalue weighted by Gasteiger charge is 2.35. The predicted octanol–water partition coefficient (Wildman–Crippen LogP) is 4.16. The molecule has 1 aliphatic carbocycles. The topological polar surface area (TPSA) is 35.2 Å². The second-order valence-electron chi connectivity index (χ2n) is 5.87. The summed E-state index contributed by atoms with van der Waals surface area (Å²) in [6, 6.07) is 4.27. The van der Waals surface area contributed by atoms with Crippen molar-refractivity contribution >= 4 is 0 Å². The molecule has 0 bridgehead atoms. The van der Waals surface area contributed by atoms with E-state index in [2.05, 4.69) is 6.92 Å². The van der Waals surface area contributed by atoms with Crippen molar-refractivity contribution in [1.82, 2.24) is 0 Å². The van der Waals surface area contributed by atoms with E-state index in [0.717, 1.165) is 31.7 Å². The molecule has 1 aromatic rings. The molecule has 5 heteroatoms. The number of hydrogen-bond acceptors (Lipinski definition) is 2. The van der Waals surface area contributed by atoms with Gasteiger partial charge in [-0.05, 0) is 62.3 Å². The average Bonchev–Trinajstić information content (AvgIpc) is 2.42. The summed E-state index contributed by atoms with van der Waals surface area (Å²) in [5, 5.41) is 0. The van der Waals surface area contributed by atoms with E-state index >= 15 is 0 Å². The Kier molecular flexibility index (Phi) is 5.14. The number of halogens is 3. The standard InChI is InChI=1S/C16H22F3NO/c1-11-2-5-13(6-3-11)21-15-7-4-12(8-9-20)10-14(15)16(17,18)19/h4,7,10-11,13H,2-3,5-6,8-9,20H2,1H3. The Morgan fingerprint density at radius 3 is 2.43 bits per heavy atom. The lowest BCUT2D eigenvalue weighted by molar-refractivity contribution is -0.139. The molecule has 0 aliphatic heterocycles. The number of ether oxygens (including phenoxy) is 1. The van der Waals surface area contributed by atoms with Crippen LogP contribution in [0.1, 0.15) is 43.7 Å². The van der Waals surface area contributed by atoms with Gasteiger partial charge in [-0.25, -0.2) is 0 Å². The van der Waals surface area contributed by atoms with Crippen LogP contribution < -0.4 is 10.5 Å². The van der Waals surface area contributed by atoms with E-state index in [4.69, 9.17) is 10.5 Å². The van der Waals surface area contributed by atoms with Gasteiger partial charge in [0, 0.05) is 0 Å². The second kappa shape index (κ2) is 6.69. The maximum absolute atomic E-state index is 13.2. The third-order valence-electron chi connectivity index (χ3n) is 4.04. The van der Waals surface area contributed by atoms with E-state index in [0.29, 0.717) is 24.4 Å². The normalized spacial score (nSPS) is 23.1. The molecule has 1 fully saturated rings. The van der Waals surface area contributed by atoms with Gasteiger partial charge in [0.25, 0.3) is 0 Å². The van der Waals surface area contributed by atoms with Crippen LogP contribution in [0, 0.1) is 5.92 Å². The molecule has 0 spiro atoms. The molecule has 0 aromatic heterocycles. The first-order chi connectivity index (χ1) is 9.90. The van der Waals surface area contributed by atoms with Gasteiger partial charge in [-0.15, -0.1) is 0 Å². The summed E-state index contributed by atoms with van der Waals surface area (Å²) in [5.74, 6) is 0.585. The first-order valence-corrected chi connectivity index (χ1v) is 7.47. The Labute approximate surface area is 123 Å². The monoisotopic (exact) mass is 301 g/mol. The summed E-state index contributed by atoms with van der Waals surface area (Å²) >= 11 is 0. The molecule has 2 nitrogen and oxygen atoms in total. The zero-order valence-electron chi connectivity index (χ0n) is 12.2. The van der Waals surface area contributed by atoms with Crippen LogP contribution >= 0.6 is 0 Å². The minimum absolute atomic E-state index is 0.0529. The Morgan fingerprint density at radius 2 is 1.86 bits per heavy atom. The van der Waals surface area contributed by atoms with Crippen molar-refractivity contribution in [3.05, 3.63) is 29.3 Å². The van der Waals surface area contributed by atoms with Crippen LogP contribution in [0.3, 0.4) is 0 Å². The van der Waals surface area contributed by atoms with E-state index in [1.807, 2.05) is 0 Å². The molecule has 0 radical (unpaired) electrons. The van der Waals surface area contributed by atoms with Crippen LogP contribution in [0.5, 0.6) is 5.75 Å². The summed E-state index contributed by atoms with van der Waals surface area (Å²) < 4.78 is 45.2. The van der Waals surface area contributed by atoms with Crippen LogP contribution in [0.25, 0.3) is 0 Å². The van der Waals surface area contributed by atoms with Crippen LogP contribution in [-0.2, 0) is 12.6 Å². The van der Waals surface area contributed by atoms with E-state index in [9.17, 15) is 13.2 Å². The maximum Gasteiger partial charge on any atom is 0.419 e. The van der Waals surface area contributed by atoms with E-state index in [1.54, 1.807) is 6.07 Å². The van der Waals surface area contributed by atoms with Crippen LogP contribution in [-0.4, -0.2) is 12.6 Å². The molecule has 21 heavy (non-hydrogen) atoms. The molecule has 1 saturated carbocycles. The van der Waals surface area contributed by atoms with Crippen molar-refractivity contribution in [3.63, 3.8) is 0 Å². The number of nitrogens with two attached hydrogens (primary N) is 1. The predicted molar refractivity (Wildman–Crippen MR) is 76.3 cm³/mol. The first-order valence-electron chi connectivity index (χ1n) is 7.47. The third-order valence-corrected chi connectivity index (χ3v) is 4.04. The molecule has 0 amide bonds. The molecule has 2 rings (SSSR count). The fourth-order valence-electron chi connectivity index (χ4n) is 2.75. The van der Waals surface area contributed by atoms with E-state index in [1.165, 1.54) is 6.07 Å². The Balaban J connectivity index is 2.17. The minimum Gasteiger partial charge on any atom is -0.490 e. The quantitative estimate of drug-likeness (QED) is 0.906. The second-order valence-corrected chi connectivity index (χ2v) is 5.87. The molecule has 2 N–H and O–H groups in total. The van der Waals surface area contributed by atoms with E-state index in [-0.39, 0.29) is 11.9 Å². The molecule has 0 unspecified atom stereocenters. The van der Waals surface area contributed by atoms with Crippen molar-refractivity contribution in [1.29, 1.82) is 0 Å².